The van der Waals surface area contributed by atoms with Crippen LogP contribution in [0.1, 0.15) is 18.3 Å². The Morgan fingerprint density at radius 2 is 2.00 bits per heavy atom. The van der Waals surface area contributed by atoms with Gasteiger partial charge in [0, 0.05) is 0 Å². The standard InChI is InChI=1S/C11H18N4O5/c1-7-10(15(19)20)8(2)14(13-7)4-9(18)12-11(3,5-16)6-17/h16-17H,4-6H2,1-3H3,(H,12,18). The van der Waals surface area contributed by atoms with Crippen molar-refractivity contribution in [3.05, 3.63) is 21.5 Å². The number of carbonyl (C=O) groups excluding carboxylic acids is 1. The van der Waals surface area contributed by atoms with Crippen LogP contribution < -0.4 is 5.32 Å². The van der Waals surface area contributed by atoms with Crippen molar-refractivity contribution >= 4 is 11.6 Å². The predicted molar refractivity (Wildman–Crippen MR) is 69.1 cm³/mol. The van der Waals surface area contributed by atoms with Crippen molar-refractivity contribution < 1.29 is 19.9 Å². The fourth-order valence-electron chi connectivity index (χ4n) is 1.75. The first-order chi connectivity index (χ1) is 9.24. The largest absolute Gasteiger partial charge is 0.394 e. The number of aryl methyl sites for hydroxylation is 1. The van der Waals surface area contributed by atoms with Gasteiger partial charge in [-0.3, -0.25) is 19.6 Å². The second-order valence-corrected chi connectivity index (χ2v) is 4.86. The van der Waals surface area contributed by atoms with Gasteiger partial charge in [-0.1, -0.05) is 0 Å². The molecule has 0 radical (unpaired) electrons. The van der Waals surface area contributed by atoms with Gasteiger partial charge in [0.1, 0.15) is 17.9 Å². The number of aliphatic hydroxyl groups excluding tert-OH is 2. The molecular formula is C11H18N4O5. The highest BCUT2D eigenvalue weighted by Gasteiger charge is 2.27. The second kappa shape index (κ2) is 5.97. The molecule has 0 unspecified atom stereocenters. The molecule has 0 atom stereocenters. The van der Waals surface area contributed by atoms with Crippen molar-refractivity contribution in [1.82, 2.24) is 15.1 Å². The van der Waals surface area contributed by atoms with E-state index in [1.807, 2.05) is 0 Å². The van der Waals surface area contributed by atoms with E-state index in [-0.39, 0.29) is 23.6 Å². The van der Waals surface area contributed by atoms with Crippen LogP contribution in [0.2, 0.25) is 0 Å². The number of nitrogens with one attached hydrogen (secondary N) is 1. The van der Waals surface area contributed by atoms with E-state index in [1.54, 1.807) is 0 Å². The first-order valence-electron chi connectivity index (χ1n) is 5.95. The van der Waals surface area contributed by atoms with Crippen LogP contribution in [-0.2, 0) is 11.3 Å². The molecular weight excluding hydrogens is 268 g/mol. The Bertz CT molecular complexity index is 521. The number of aliphatic hydroxyl groups is 2. The third-order valence-electron chi connectivity index (χ3n) is 2.96. The van der Waals surface area contributed by atoms with Gasteiger partial charge in [0.05, 0.1) is 23.7 Å². The molecule has 0 bridgehead atoms. The molecule has 1 heterocycles. The number of rotatable bonds is 6. The van der Waals surface area contributed by atoms with E-state index in [0.717, 1.165) is 0 Å². The summed E-state index contributed by atoms with van der Waals surface area (Å²) in [6.45, 7) is 3.40. The van der Waals surface area contributed by atoms with Gasteiger partial charge in [-0.2, -0.15) is 5.10 Å². The normalized spacial score (nSPS) is 11.4. The number of carbonyl (C=O) groups is 1. The fourth-order valence-corrected chi connectivity index (χ4v) is 1.75. The maximum Gasteiger partial charge on any atom is 0.312 e. The van der Waals surface area contributed by atoms with Crippen LogP contribution in [-0.4, -0.2) is 49.6 Å². The minimum atomic E-state index is -1.14. The maximum absolute atomic E-state index is 11.8. The van der Waals surface area contributed by atoms with Crippen molar-refractivity contribution in [3.8, 4) is 0 Å². The molecule has 20 heavy (non-hydrogen) atoms. The average Bonchev–Trinajstić information content (AvgIpc) is 2.63. The Labute approximate surface area is 115 Å². The third kappa shape index (κ3) is 3.31. The molecule has 1 amide bonds. The summed E-state index contributed by atoms with van der Waals surface area (Å²) < 4.78 is 1.22. The minimum absolute atomic E-state index is 0.120. The Hall–Kier alpha value is -2.00. The number of hydrogen-bond acceptors (Lipinski definition) is 6. The molecule has 0 saturated heterocycles. The molecule has 1 aromatic heterocycles. The molecule has 1 rings (SSSR count). The van der Waals surface area contributed by atoms with E-state index in [1.165, 1.54) is 25.5 Å². The van der Waals surface area contributed by atoms with Gasteiger partial charge in [-0.15, -0.1) is 0 Å². The molecule has 0 fully saturated rings. The van der Waals surface area contributed by atoms with Crippen LogP contribution in [0.15, 0.2) is 0 Å². The molecule has 9 nitrogen and oxygen atoms in total. The SMILES string of the molecule is Cc1nn(CC(=O)NC(C)(CO)CO)c(C)c1[N+](=O)[O-]. The summed E-state index contributed by atoms with van der Waals surface area (Å²) in [4.78, 5) is 22.1. The summed E-state index contributed by atoms with van der Waals surface area (Å²) in [6, 6.07) is 0. The summed E-state index contributed by atoms with van der Waals surface area (Å²) in [5, 5.41) is 35.4. The average molecular weight is 286 g/mol. The lowest BCUT2D eigenvalue weighted by atomic mass is 10.1. The molecule has 1 aromatic rings. The van der Waals surface area contributed by atoms with Crippen LogP contribution in [0.3, 0.4) is 0 Å². The first-order valence-corrected chi connectivity index (χ1v) is 5.95. The van der Waals surface area contributed by atoms with Crippen LogP contribution in [0.25, 0.3) is 0 Å². The van der Waals surface area contributed by atoms with E-state index >= 15 is 0 Å². The smallest absolute Gasteiger partial charge is 0.312 e. The van der Waals surface area contributed by atoms with E-state index in [4.69, 9.17) is 10.2 Å². The number of hydrogen-bond donors (Lipinski definition) is 3. The van der Waals surface area contributed by atoms with Gasteiger partial charge in [0.15, 0.2) is 0 Å². The van der Waals surface area contributed by atoms with Gasteiger partial charge < -0.3 is 15.5 Å². The highest BCUT2D eigenvalue weighted by molar-refractivity contribution is 5.76. The van der Waals surface area contributed by atoms with Gasteiger partial charge in [0.25, 0.3) is 0 Å². The Morgan fingerprint density at radius 3 is 2.40 bits per heavy atom. The van der Waals surface area contributed by atoms with Crippen LogP contribution in [0, 0.1) is 24.0 Å². The maximum atomic E-state index is 11.8. The molecule has 3 N–H and O–H groups in total. The fraction of sp³-hybridized carbons (Fsp3) is 0.636. The molecule has 112 valence electrons. The minimum Gasteiger partial charge on any atom is -0.394 e. The Morgan fingerprint density at radius 1 is 1.45 bits per heavy atom. The monoisotopic (exact) mass is 286 g/mol. The zero-order valence-corrected chi connectivity index (χ0v) is 11.6. The highest BCUT2D eigenvalue weighted by Crippen LogP contribution is 2.21. The van der Waals surface area contributed by atoms with E-state index < -0.39 is 29.6 Å². The molecule has 0 spiro atoms. The van der Waals surface area contributed by atoms with Gasteiger partial charge in [-0.05, 0) is 20.8 Å². The summed E-state index contributed by atoms with van der Waals surface area (Å²) in [7, 11) is 0. The number of nitrogens with zero attached hydrogens (tertiary/aromatic N) is 3. The topological polar surface area (TPSA) is 131 Å². The Kier molecular flexibility index (Phi) is 4.79. The van der Waals surface area contributed by atoms with E-state index in [2.05, 4.69) is 10.4 Å². The quantitative estimate of drug-likeness (QED) is 0.466. The lowest BCUT2D eigenvalue weighted by Gasteiger charge is -2.26. The molecule has 0 aliphatic rings. The molecule has 0 aromatic carbocycles. The van der Waals surface area contributed by atoms with Crippen molar-refractivity contribution in [2.75, 3.05) is 13.2 Å². The van der Waals surface area contributed by atoms with Crippen LogP contribution >= 0.6 is 0 Å². The zero-order valence-electron chi connectivity index (χ0n) is 11.6. The number of nitro groups is 1. The highest BCUT2D eigenvalue weighted by atomic mass is 16.6. The molecule has 0 saturated carbocycles. The zero-order chi connectivity index (χ0) is 15.5. The number of aromatic nitrogens is 2. The summed E-state index contributed by atoms with van der Waals surface area (Å²) in [6.07, 6.45) is 0. The van der Waals surface area contributed by atoms with E-state index in [9.17, 15) is 14.9 Å². The predicted octanol–water partition coefficient (Wildman–Crippen LogP) is -0.732. The molecule has 0 aliphatic carbocycles. The van der Waals surface area contributed by atoms with Crippen molar-refractivity contribution in [3.63, 3.8) is 0 Å². The van der Waals surface area contributed by atoms with Gasteiger partial charge >= 0.3 is 5.69 Å². The van der Waals surface area contributed by atoms with Crippen LogP contribution in [0.5, 0.6) is 0 Å². The van der Waals surface area contributed by atoms with Gasteiger partial charge in [-0.25, -0.2) is 0 Å². The molecule has 0 aliphatic heterocycles. The van der Waals surface area contributed by atoms with Crippen molar-refractivity contribution in [1.29, 1.82) is 0 Å². The van der Waals surface area contributed by atoms with Crippen molar-refractivity contribution in [2.45, 2.75) is 32.9 Å². The lowest BCUT2D eigenvalue weighted by Crippen LogP contribution is -2.52. The number of amides is 1. The van der Waals surface area contributed by atoms with Crippen LogP contribution in [0.4, 0.5) is 5.69 Å². The van der Waals surface area contributed by atoms with Crippen molar-refractivity contribution in [2.24, 2.45) is 0 Å². The van der Waals surface area contributed by atoms with Gasteiger partial charge in [0.2, 0.25) is 5.91 Å². The van der Waals surface area contributed by atoms with E-state index in [0.29, 0.717) is 0 Å². The summed E-state index contributed by atoms with van der Waals surface area (Å²) >= 11 is 0. The summed E-state index contributed by atoms with van der Waals surface area (Å²) in [5.74, 6) is -0.504. The second-order valence-electron chi connectivity index (χ2n) is 4.86. The molecule has 9 heteroatoms. The first kappa shape index (κ1) is 16.1. The summed E-state index contributed by atoms with van der Waals surface area (Å²) in [5.41, 5.74) is -0.756. The lowest BCUT2D eigenvalue weighted by molar-refractivity contribution is -0.386. The third-order valence-corrected chi connectivity index (χ3v) is 2.96. The Balaban J connectivity index is 2.87.